The van der Waals surface area contributed by atoms with Crippen LogP contribution in [0.15, 0.2) is 78.9 Å². The number of aromatic nitrogens is 2. The highest BCUT2D eigenvalue weighted by Crippen LogP contribution is 2.37. The average molecular weight is 550 g/mol. The van der Waals surface area contributed by atoms with Crippen molar-refractivity contribution >= 4 is 11.9 Å². The van der Waals surface area contributed by atoms with Crippen LogP contribution in [0, 0.1) is 18.6 Å². The van der Waals surface area contributed by atoms with Gasteiger partial charge in [-0.1, -0.05) is 24.3 Å². The number of aliphatic carboxylic acids is 1. The Morgan fingerprint density at radius 1 is 0.850 bits per heavy atom. The Balaban J connectivity index is 1.96. The number of carbonyl (C=O) groups is 2. The van der Waals surface area contributed by atoms with Crippen molar-refractivity contribution < 1.29 is 37.7 Å². The lowest BCUT2D eigenvalue weighted by atomic mass is 9.77. The number of methoxy groups -OCH3 is 2. The van der Waals surface area contributed by atoms with Crippen LogP contribution < -0.4 is 19.5 Å². The first kappa shape index (κ1) is 28.0. The van der Waals surface area contributed by atoms with Crippen molar-refractivity contribution in [3.63, 3.8) is 0 Å². The monoisotopic (exact) mass is 549 g/mol. The van der Waals surface area contributed by atoms with Crippen molar-refractivity contribution in [3.8, 4) is 17.6 Å². The molecule has 4 rings (SSSR count). The Bertz CT molecular complexity index is 1450. The molecule has 0 bridgehead atoms. The van der Waals surface area contributed by atoms with Gasteiger partial charge in [0.25, 0.3) is 5.91 Å². The molecule has 9 nitrogen and oxygen atoms in total. The summed E-state index contributed by atoms with van der Waals surface area (Å²) in [5.74, 6) is -2.81. The van der Waals surface area contributed by atoms with Crippen LogP contribution in [-0.2, 0) is 10.3 Å². The van der Waals surface area contributed by atoms with Gasteiger partial charge in [-0.05, 0) is 66.6 Å². The number of rotatable bonds is 10. The number of halogens is 2. The Morgan fingerprint density at radius 2 is 1.40 bits per heavy atom. The van der Waals surface area contributed by atoms with Gasteiger partial charge in [0.1, 0.15) is 22.9 Å². The summed E-state index contributed by atoms with van der Waals surface area (Å²) in [4.78, 5) is 34.9. The van der Waals surface area contributed by atoms with E-state index < -0.39 is 35.2 Å². The van der Waals surface area contributed by atoms with E-state index in [0.717, 1.165) is 24.3 Å². The number of amides is 1. The summed E-state index contributed by atoms with van der Waals surface area (Å²) < 4.78 is 44.3. The van der Waals surface area contributed by atoms with Crippen molar-refractivity contribution in [3.05, 3.63) is 113 Å². The third-order valence-corrected chi connectivity index (χ3v) is 6.12. The number of hydrogen-bond acceptors (Lipinski definition) is 7. The summed E-state index contributed by atoms with van der Waals surface area (Å²) in [7, 11) is 2.84. The number of ether oxygens (including phenoxy) is 3. The first-order valence-electron chi connectivity index (χ1n) is 11.9. The van der Waals surface area contributed by atoms with E-state index in [2.05, 4.69) is 15.3 Å². The maximum atomic E-state index is 14.0. The second-order valence-corrected chi connectivity index (χ2v) is 8.67. The van der Waals surface area contributed by atoms with Crippen LogP contribution in [0.3, 0.4) is 0 Å². The van der Waals surface area contributed by atoms with Crippen molar-refractivity contribution in [2.24, 2.45) is 0 Å². The third kappa shape index (κ3) is 5.83. The van der Waals surface area contributed by atoms with Gasteiger partial charge in [-0.15, -0.1) is 0 Å². The molecule has 4 aromatic rings. The summed E-state index contributed by atoms with van der Waals surface area (Å²) in [5.41, 5.74) is -1.19. The summed E-state index contributed by atoms with van der Waals surface area (Å²) in [5, 5.41) is 13.3. The van der Waals surface area contributed by atoms with E-state index >= 15 is 0 Å². The minimum absolute atomic E-state index is 0.114. The standard InChI is InChI=1S/C29H25F2N3O6/c1-17-16-24(39-3)33-28(32-17)40-25(27(36)37)29(19-6-10-21(30)11-7-19,20-8-12-22(31)13-9-20)34-26(35)18-4-14-23(38-2)15-5-18/h4-16,25H,1-3H3,(H,34,35)(H,36,37). The number of carbonyl (C=O) groups excluding carboxylic acids is 1. The number of aryl methyl sites for hydroxylation is 1. The maximum Gasteiger partial charge on any atom is 0.348 e. The molecule has 206 valence electrons. The zero-order chi connectivity index (χ0) is 28.9. The lowest BCUT2D eigenvalue weighted by Gasteiger charge is -2.39. The predicted molar refractivity (Wildman–Crippen MR) is 139 cm³/mol. The Kier molecular flexibility index (Phi) is 8.23. The van der Waals surface area contributed by atoms with E-state index in [1.165, 1.54) is 56.7 Å². The highest BCUT2D eigenvalue weighted by atomic mass is 19.1. The van der Waals surface area contributed by atoms with Gasteiger partial charge in [0.15, 0.2) is 0 Å². The molecule has 0 spiro atoms. The largest absolute Gasteiger partial charge is 0.497 e. The summed E-state index contributed by atoms with van der Waals surface area (Å²) >= 11 is 0. The molecule has 0 fully saturated rings. The van der Waals surface area contributed by atoms with E-state index in [0.29, 0.717) is 11.4 Å². The van der Waals surface area contributed by atoms with Gasteiger partial charge in [-0.3, -0.25) is 4.79 Å². The number of benzene rings is 3. The maximum absolute atomic E-state index is 14.0. The molecule has 0 saturated carbocycles. The molecular formula is C29H25F2N3O6. The molecule has 1 amide bonds. The molecule has 2 N–H and O–H groups in total. The van der Waals surface area contributed by atoms with Crippen LogP contribution in [0.4, 0.5) is 8.78 Å². The minimum Gasteiger partial charge on any atom is -0.497 e. The molecule has 1 aromatic heterocycles. The Hall–Kier alpha value is -5.06. The number of nitrogens with zero attached hydrogens (tertiary/aromatic N) is 2. The summed E-state index contributed by atoms with van der Waals surface area (Å²) in [6.45, 7) is 1.63. The molecule has 0 aliphatic carbocycles. The van der Waals surface area contributed by atoms with Crippen LogP contribution >= 0.6 is 0 Å². The summed E-state index contributed by atoms with van der Waals surface area (Å²) in [6, 6.07) is 16.9. The normalized spacial score (nSPS) is 11.8. The number of hydrogen-bond donors (Lipinski definition) is 2. The SMILES string of the molecule is COc1ccc(C(=O)NC(c2ccc(F)cc2)(c2ccc(F)cc2)C(Oc2nc(C)cc(OC)n2)C(=O)O)cc1. The topological polar surface area (TPSA) is 120 Å². The molecule has 0 radical (unpaired) electrons. The summed E-state index contributed by atoms with van der Waals surface area (Å²) in [6.07, 6.45) is -1.93. The van der Waals surface area contributed by atoms with Gasteiger partial charge in [0, 0.05) is 17.3 Å². The second kappa shape index (κ2) is 11.8. The van der Waals surface area contributed by atoms with Crippen LogP contribution in [0.2, 0.25) is 0 Å². The second-order valence-electron chi connectivity index (χ2n) is 8.67. The number of nitrogens with one attached hydrogen (secondary N) is 1. The molecule has 0 saturated heterocycles. The highest BCUT2D eigenvalue weighted by Gasteiger charge is 2.50. The van der Waals surface area contributed by atoms with Crippen molar-refractivity contribution in [2.45, 2.75) is 18.6 Å². The van der Waals surface area contributed by atoms with Crippen molar-refractivity contribution in [2.75, 3.05) is 14.2 Å². The number of carboxylic acids is 1. The lowest BCUT2D eigenvalue weighted by Crippen LogP contribution is -2.60. The van der Waals surface area contributed by atoms with Gasteiger partial charge in [0.2, 0.25) is 12.0 Å². The van der Waals surface area contributed by atoms with Crippen LogP contribution in [0.1, 0.15) is 27.2 Å². The molecule has 1 heterocycles. The van der Waals surface area contributed by atoms with Gasteiger partial charge in [0.05, 0.1) is 14.2 Å². The molecule has 1 atom stereocenters. The number of carboxylic acid groups (broad SMARTS) is 1. The van der Waals surface area contributed by atoms with Crippen LogP contribution in [0.5, 0.6) is 17.6 Å². The molecule has 40 heavy (non-hydrogen) atoms. The smallest absolute Gasteiger partial charge is 0.348 e. The minimum atomic E-state index is -2.04. The zero-order valence-corrected chi connectivity index (χ0v) is 21.7. The molecule has 3 aromatic carbocycles. The molecular weight excluding hydrogens is 524 g/mol. The molecule has 1 unspecified atom stereocenters. The van der Waals surface area contributed by atoms with Crippen molar-refractivity contribution in [1.29, 1.82) is 0 Å². The fourth-order valence-electron chi connectivity index (χ4n) is 4.20. The molecule has 0 aliphatic heterocycles. The van der Waals surface area contributed by atoms with Crippen LogP contribution in [0.25, 0.3) is 0 Å². The Labute approximate surface area is 228 Å². The highest BCUT2D eigenvalue weighted by molar-refractivity contribution is 5.96. The fourth-order valence-corrected chi connectivity index (χ4v) is 4.20. The Morgan fingerprint density at radius 3 is 1.88 bits per heavy atom. The van der Waals surface area contributed by atoms with E-state index in [9.17, 15) is 23.5 Å². The van der Waals surface area contributed by atoms with Crippen molar-refractivity contribution in [1.82, 2.24) is 15.3 Å². The first-order valence-corrected chi connectivity index (χ1v) is 11.9. The predicted octanol–water partition coefficient (Wildman–Crippen LogP) is 4.29. The van der Waals surface area contributed by atoms with Gasteiger partial charge in [-0.2, -0.15) is 4.98 Å². The molecule has 11 heteroatoms. The zero-order valence-electron chi connectivity index (χ0n) is 21.7. The van der Waals surface area contributed by atoms with Gasteiger partial charge >= 0.3 is 12.0 Å². The van der Waals surface area contributed by atoms with Crippen LogP contribution in [-0.4, -0.2) is 47.3 Å². The van der Waals surface area contributed by atoms with E-state index in [1.807, 2.05) is 0 Å². The van der Waals surface area contributed by atoms with E-state index in [-0.39, 0.29) is 28.6 Å². The van der Waals surface area contributed by atoms with E-state index in [4.69, 9.17) is 14.2 Å². The van der Waals surface area contributed by atoms with E-state index in [1.54, 1.807) is 19.1 Å². The lowest BCUT2D eigenvalue weighted by molar-refractivity contribution is -0.148. The first-order chi connectivity index (χ1) is 19.2. The van der Waals surface area contributed by atoms with Gasteiger partial charge < -0.3 is 24.6 Å². The average Bonchev–Trinajstić information content (AvgIpc) is 2.95. The van der Waals surface area contributed by atoms with Gasteiger partial charge in [-0.25, -0.2) is 18.6 Å². The third-order valence-electron chi connectivity index (χ3n) is 6.12. The fraction of sp³-hybridized carbons (Fsp3) is 0.172. The molecule has 0 aliphatic rings. The quantitative estimate of drug-likeness (QED) is 0.301.